The lowest BCUT2D eigenvalue weighted by atomic mass is 9.75. The van der Waals surface area contributed by atoms with E-state index in [-0.39, 0.29) is 5.41 Å². The number of hydrogen-bond acceptors (Lipinski definition) is 1. The third-order valence-electron chi connectivity index (χ3n) is 3.30. The van der Waals surface area contributed by atoms with Crippen LogP contribution in [0.1, 0.15) is 44.9 Å². The van der Waals surface area contributed by atoms with E-state index in [4.69, 9.17) is 4.42 Å². The summed E-state index contributed by atoms with van der Waals surface area (Å²) < 4.78 is 5.66. The minimum absolute atomic E-state index is 0.0863. The van der Waals surface area contributed by atoms with Gasteiger partial charge in [0.1, 0.15) is 5.76 Å². The molecule has 1 aliphatic rings. The molecule has 1 heteroatoms. The molecule has 1 aromatic rings. The molecule has 0 radical (unpaired) electrons. The first kappa shape index (κ1) is 11.3. The standard InChI is InChI=1S/C15H20O/c1-12(2)6-4-9-15(3)10-5-7-13-8-11-16-14(13)15/h4,6,8-9,11H,5,7,10H2,1-3H3/t15-/m1/s1. The van der Waals surface area contributed by atoms with E-state index in [1.54, 1.807) is 0 Å². The normalized spacial score (nSPS) is 24.4. The van der Waals surface area contributed by atoms with Gasteiger partial charge >= 0.3 is 0 Å². The molecule has 0 saturated heterocycles. The SMILES string of the molecule is CC(C)=CC=C[C@]1(C)CCCc2ccoc21. The van der Waals surface area contributed by atoms with E-state index in [9.17, 15) is 0 Å². The zero-order valence-electron chi connectivity index (χ0n) is 10.4. The first-order chi connectivity index (χ1) is 7.62. The fourth-order valence-electron chi connectivity index (χ4n) is 2.41. The average Bonchev–Trinajstić information content (AvgIpc) is 2.66. The Balaban J connectivity index is 2.27. The zero-order chi connectivity index (χ0) is 11.6. The molecule has 16 heavy (non-hydrogen) atoms. The third-order valence-corrected chi connectivity index (χ3v) is 3.30. The lowest BCUT2D eigenvalue weighted by Gasteiger charge is -2.29. The predicted molar refractivity (Wildman–Crippen MR) is 67.6 cm³/mol. The van der Waals surface area contributed by atoms with Gasteiger partial charge in [0.05, 0.1) is 6.26 Å². The van der Waals surface area contributed by atoms with Crippen molar-refractivity contribution in [2.75, 3.05) is 0 Å². The van der Waals surface area contributed by atoms with Crippen molar-refractivity contribution in [3.05, 3.63) is 47.5 Å². The largest absolute Gasteiger partial charge is 0.468 e. The Morgan fingerprint density at radius 1 is 1.44 bits per heavy atom. The maximum Gasteiger partial charge on any atom is 0.116 e. The summed E-state index contributed by atoms with van der Waals surface area (Å²) in [5, 5.41) is 0. The average molecular weight is 216 g/mol. The Kier molecular flexibility index (Phi) is 3.04. The van der Waals surface area contributed by atoms with Gasteiger partial charge in [0.15, 0.2) is 0 Å². The molecule has 0 N–H and O–H groups in total. The maximum atomic E-state index is 5.66. The maximum absolute atomic E-state index is 5.66. The van der Waals surface area contributed by atoms with E-state index in [0.717, 1.165) is 12.2 Å². The predicted octanol–water partition coefficient (Wildman–Crippen LogP) is 4.40. The van der Waals surface area contributed by atoms with Crippen molar-refractivity contribution in [1.82, 2.24) is 0 Å². The van der Waals surface area contributed by atoms with Crippen LogP contribution in [0.5, 0.6) is 0 Å². The number of rotatable bonds is 2. The van der Waals surface area contributed by atoms with Crippen LogP contribution in [0.2, 0.25) is 0 Å². The van der Waals surface area contributed by atoms with Crippen molar-refractivity contribution >= 4 is 0 Å². The fourth-order valence-corrected chi connectivity index (χ4v) is 2.41. The molecule has 0 fully saturated rings. The Labute approximate surface area is 97.9 Å². The van der Waals surface area contributed by atoms with Crippen LogP contribution in [0.15, 0.2) is 40.5 Å². The highest BCUT2D eigenvalue weighted by molar-refractivity contribution is 5.33. The Hall–Kier alpha value is -1.24. The van der Waals surface area contributed by atoms with Crippen molar-refractivity contribution in [3.8, 4) is 0 Å². The lowest BCUT2D eigenvalue weighted by Crippen LogP contribution is -2.23. The molecule has 1 heterocycles. The first-order valence-corrected chi connectivity index (χ1v) is 6.01. The molecule has 0 aliphatic heterocycles. The summed E-state index contributed by atoms with van der Waals surface area (Å²) in [6.07, 6.45) is 12.0. The molecule has 1 nitrogen and oxygen atoms in total. The summed E-state index contributed by atoms with van der Waals surface area (Å²) in [6.45, 7) is 6.50. The van der Waals surface area contributed by atoms with Crippen LogP contribution in [-0.4, -0.2) is 0 Å². The monoisotopic (exact) mass is 216 g/mol. The molecule has 2 rings (SSSR count). The molecule has 0 aromatic carbocycles. The van der Waals surface area contributed by atoms with Crippen LogP contribution in [0, 0.1) is 0 Å². The highest BCUT2D eigenvalue weighted by Crippen LogP contribution is 2.38. The molecule has 1 aromatic heterocycles. The second-order valence-corrected chi connectivity index (χ2v) is 5.15. The van der Waals surface area contributed by atoms with Gasteiger partial charge in [-0.25, -0.2) is 0 Å². The molecule has 0 amide bonds. The summed E-state index contributed by atoms with van der Waals surface area (Å²) in [7, 11) is 0. The number of fused-ring (bicyclic) bond motifs is 1. The molecule has 1 aliphatic carbocycles. The van der Waals surface area contributed by atoms with Gasteiger partial charge in [-0.15, -0.1) is 0 Å². The number of hydrogen-bond donors (Lipinski definition) is 0. The molecule has 1 atom stereocenters. The van der Waals surface area contributed by atoms with Crippen molar-refractivity contribution in [3.63, 3.8) is 0 Å². The molecule has 0 saturated carbocycles. The van der Waals surface area contributed by atoms with Crippen LogP contribution in [0.4, 0.5) is 0 Å². The Morgan fingerprint density at radius 3 is 3.00 bits per heavy atom. The second kappa shape index (κ2) is 4.32. The topological polar surface area (TPSA) is 13.1 Å². The summed E-state index contributed by atoms with van der Waals surface area (Å²) in [4.78, 5) is 0. The van der Waals surface area contributed by atoms with Gasteiger partial charge in [-0.2, -0.15) is 0 Å². The number of allylic oxidation sites excluding steroid dienone is 4. The van der Waals surface area contributed by atoms with Crippen molar-refractivity contribution < 1.29 is 4.42 Å². The molecule has 0 unspecified atom stereocenters. The molecular weight excluding hydrogens is 196 g/mol. The van der Waals surface area contributed by atoms with Gasteiger partial charge in [0.25, 0.3) is 0 Å². The van der Waals surface area contributed by atoms with Gasteiger partial charge in [0, 0.05) is 5.41 Å². The van der Waals surface area contributed by atoms with Crippen molar-refractivity contribution in [2.24, 2.45) is 0 Å². The number of furan rings is 1. The van der Waals surface area contributed by atoms with Crippen molar-refractivity contribution in [2.45, 2.75) is 45.4 Å². The third kappa shape index (κ3) is 2.13. The van der Waals surface area contributed by atoms with Gasteiger partial charge in [0.2, 0.25) is 0 Å². The molecule has 0 spiro atoms. The van der Waals surface area contributed by atoms with Gasteiger partial charge in [-0.3, -0.25) is 0 Å². The minimum Gasteiger partial charge on any atom is -0.468 e. The molecule has 86 valence electrons. The van der Waals surface area contributed by atoms with Gasteiger partial charge in [-0.1, -0.05) is 23.8 Å². The van der Waals surface area contributed by atoms with Gasteiger partial charge < -0.3 is 4.42 Å². The lowest BCUT2D eigenvalue weighted by molar-refractivity contribution is 0.367. The summed E-state index contributed by atoms with van der Waals surface area (Å²) in [5.74, 6) is 1.16. The van der Waals surface area contributed by atoms with Crippen LogP contribution in [-0.2, 0) is 11.8 Å². The Morgan fingerprint density at radius 2 is 2.25 bits per heavy atom. The smallest absolute Gasteiger partial charge is 0.116 e. The number of aryl methyl sites for hydroxylation is 1. The van der Waals surface area contributed by atoms with Crippen LogP contribution < -0.4 is 0 Å². The van der Waals surface area contributed by atoms with Crippen molar-refractivity contribution in [1.29, 1.82) is 0 Å². The fraction of sp³-hybridized carbons (Fsp3) is 0.467. The van der Waals surface area contributed by atoms with Crippen LogP contribution in [0.25, 0.3) is 0 Å². The Bertz CT molecular complexity index is 418. The van der Waals surface area contributed by atoms with Gasteiger partial charge in [-0.05, 0) is 51.7 Å². The summed E-state index contributed by atoms with van der Waals surface area (Å²) in [6, 6.07) is 2.11. The van der Waals surface area contributed by atoms with E-state index >= 15 is 0 Å². The van der Waals surface area contributed by atoms with Crippen LogP contribution >= 0.6 is 0 Å². The molecular formula is C15H20O. The highest BCUT2D eigenvalue weighted by Gasteiger charge is 2.32. The van der Waals surface area contributed by atoms with E-state index in [2.05, 4.69) is 45.1 Å². The van der Waals surface area contributed by atoms with E-state index in [1.165, 1.54) is 24.0 Å². The first-order valence-electron chi connectivity index (χ1n) is 6.01. The second-order valence-electron chi connectivity index (χ2n) is 5.15. The van der Waals surface area contributed by atoms with E-state index in [0.29, 0.717) is 0 Å². The zero-order valence-corrected chi connectivity index (χ0v) is 10.4. The van der Waals surface area contributed by atoms with E-state index < -0.39 is 0 Å². The van der Waals surface area contributed by atoms with Crippen LogP contribution in [0.3, 0.4) is 0 Å². The highest BCUT2D eigenvalue weighted by atomic mass is 16.3. The summed E-state index contributed by atoms with van der Waals surface area (Å²) >= 11 is 0. The quantitative estimate of drug-likeness (QED) is 0.668. The minimum atomic E-state index is 0.0863. The summed E-state index contributed by atoms with van der Waals surface area (Å²) in [5.41, 5.74) is 2.80. The van der Waals surface area contributed by atoms with E-state index in [1.807, 2.05) is 6.26 Å². The molecule has 0 bridgehead atoms.